The summed E-state index contributed by atoms with van der Waals surface area (Å²) in [5, 5.41) is 0. The zero-order chi connectivity index (χ0) is 11.3. The molecule has 1 aromatic heterocycles. The number of rotatable bonds is 5. The molecule has 0 radical (unpaired) electrons. The molecule has 0 aliphatic heterocycles. The normalized spacial score (nSPS) is 10.4. The monoisotopic (exact) mass is 206 g/mol. The van der Waals surface area contributed by atoms with E-state index in [0.717, 1.165) is 17.9 Å². The molecule has 1 nitrogen and oxygen atoms in total. The molecule has 0 spiro atoms. The molecule has 1 aromatic rings. The third-order valence-electron chi connectivity index (χ3n) is 2.52. The van der Waals surface area contributed by atoms with Gasteiger partial charge in [0.05, 0.1) is 0 Å². The Morgan fingerprint density at radius 3 is 2.67 bits per heavy atom. The van der Waals surface area contributed by atoms with E-state index in [0.29, 0.717) is 0 Å². The summed E-state index contributed by atoms with van der Waals surface area (Å²) in [6, 6.07) is 2.18. The highest BCUT2D eigenvalue weighted by atomic mass is 16.3. The largest absolute Gasteiger partial charge is 0.462 e. The number of unbranched alkanes of at least 4 members (excludes halogenated alkanes) is 2. The van der Waals surface area contributed by atoms with Gasteiger partial charge < -0.3 is 4.42 Å². The summed E-state index contributed by atoms with van der Waals surface area (Å²) >= 11 is 0. The quantitative estimate of drug-likeness (QED) is 0.634. The van der Waals surface area contributed by atoms with Crippen molar-refractivity contribution in [1.82, 2.24) is 0 Å². The molecule has 0 bridgehead atoms. The Hall–Kier alpha value is -0.980. The molecule has 0 aliphatic rings. The van der Waals surface area contributed by atoms with Crippen LogP contribution in [0.4, 0.5) is 0 Å². The molecule has 0 saturated heterocycles. The van der Waals surface area contributed by atoms with Gasteiger partial charge in [0.25, 0.3) is 0 Å². The summed E-state index contributed by atoms with van der Waals surface area (Å²) in [5.74, 6) is 2.08. The summed E-state index contributed by atoms with van der Waals surface area (Å²) in [5.41, 5.74) is 2.65. The molecular formula is C14H22O. The molecule has 1 rings (SSSR count). The standard InChI is InChI=1S/C14H22O/c1-5-6-7-8-13-10-14(9-11(2)3)15-12(13)4/h9-10H,5-8H2,1-4H3. The van der Waals surface area contributed by atoms with E-state index in [4.69, 9.17) is 4.42 Å². The van der Waals surface area contributed by atoms with E-state index in [9.17, 15) is 0 Å². The lowest BCUT2D eigenvalue weighted by Crippen LogP contribution is -1.84. The zero-order valence-corrected chi connectivity index (χ0v) is 10.4. The van der Waals surface area contributed by atoms with Gasteiger partial charge in [-0.15, -0.1) is 0 Å². The first-order valence-corrected chi connectivity index (χ1v) is 5.87. The van der Waals surface area contributed by atoms with E-state index in [1.165, 1.54) is 30.4 Å². The summed E-state index contributed by atoms with van der Waals surface area (Å²) in [6.07, 6.45) is 7.10. The minimum Gasteiger partial charge on any atom is -0.462 e. The van der Waals surface area contributed by atoms with E-state index >= 15 is 0 Å². The van der Waals surface area contributed by atoms with Crippen LogP contribution in [0.15, 0.2) is 16.1 Å². The predicted molar refractivity (Wildman–Crippen MR) is 66.0 cm³/mol. The lowest BCUT2D eigenvalue weighted by molar-refractivity contribution is 0.519. The Kier molecular flexibility index (Phi) is 4.67. The lowest BCUT2D eigenvalue weighted by atomic mass is 10.1. The highest BCUT2D eigenvalue weighted by Gasteiger charge is 2.04. The van der Waals surface area contributed by atoms with E-state index < -0.39 is 0 Å². The highest BCUT2D eigenvalue weighted by Crippen LogP contribution is 2.19. The minimum atomic E-state index is 0.999. The number of furan rings is 1. The number of aryl methyl sites for hydroxylation is 2. The topological polar surface area (TPSA) is 13.1 Å². The van der Waals surface area contributed by atoms with Crippen LogP contribution in [0.3, 0.4) is 0 Å². The molecule has 0 atom stereocenters. The Bertz CT molecular complexity index is 327. The first-order chi connectivity index (χ1) is 7.13. The number of hydrogen-bond donors (Lipinski definition) is 0. The van der Waals surface area contributed by atoms with Crippen molar-refractivity contribution < 1.29 is 4.42 Å². The molecule has 1 heteroatoms. The van der Waals surface area contributed by atoms with Crippen molar-refractivity contribution >= 4 is 6.08 Å². The van der Waals surface area contributed by atoms with Gasteiger partial charge in [0.15, 0.2) is 0 Å². The van der Waals surface area contributed by atoms with Crippen LogP contribution in [0, 0.1) is 6.92 Å². The van der Waals surface area contributed by atoms with Gasteiger partial charge >= 0.3 is 0 Å². The lowest BCUT2D eigenvalue weighted by Gasteiger charge is -1.96. The van der Waals surface area contributed by atoms with Gasteiger partial charge in [-0.2, -0.15) is 0 Å². The first kappa shape index (κ1) is 12.1. The smallest absolute Gasteiger partial charge is 0.127 e. The third kappa shape index (κ3) is 3.94. The molecule has 0 saturated carbocycles. The van der Waals surface area contributed by atoms with Crippen LogP contribution in [0.5, 0.6) is 0 Å². The average Bonchev–Trinajstić information content (AvgIpc) is 2.46. The van der Waals surface area contributed by atoms with E-state index in [1.807, 2.05) is 0 Å². The maximum atomic E-state index is 5.68. The van der Waals surface area contributed by atoms with Gasteiger partial charge in [-0.05, 0) is 51.3 Å². The van der Waals surface area contributed by atoms with Gasteiger partial charge in [0, 0.05) is 0 Å². The fourth-order valence-corrected chi connectivity index (χ4v) is 1.71. The maximum Gasteiger partial charge on any atom is 0.127 e. The van der Waals surface area contributed by atoms with E-state index in [-0.39, 0.29) is 0 Å². The predicted octanol–water partition coefficient (Wildman–Crippen LogP) is 4.74. The van der Waals surface area contributed by atoms with Crippen molar-refractivity contribution in [3.63, 3.8) is 0 Å². The zero-order valence-electron chi connectivity index (χ0n) is 10.4. The second-order valence-electron chi connectivity index (χ2n) is 4.41. The Balaban J connectivity index is 2.65. The van der Waals surface area contributed by atoms with E-state index in [1.54, 1.807) is 0 Å². The van der Waals surface area contributed by atoms with Gasteiger partial charge in [0.1, 0.15) is 11.5 Å². The van der Waals surface area contributed by atoms with Crippen LogP contribution in [-0.2, 0) is 6.42 Å². The third-order valence-corrected chi connectivity index (χ3v) is 2.52. The fraction of sp³-hybridized carbons (Fsp3) is 0.571. The van der Waals surface area contributed by atoms with Gasteiger partial charge in [-0.1, -0.05) is 25.3 Å². The Labute approximate surface area is 93.2 Å². The molecule has 0 fully saturated rings. The van der Waals surface area contributed by atoms with Crippen molar-refractivity contribution in [2.75, 3.05) is 0 Å². The van der Waals surface area contributed by atoms with Crippen molar-refractivity contribution in [2.24, 2.45) is 0 Å². The number of hydrogen-bond acceptors (Lipinski definition) is 1. The summed E-state index contributed by atoms with van der Waals surface area (Å²) in [7, 11) is 0. The van der Waals surface area contributed by atoms with Crippen LogP contribution in [-0.4, -0.2) is 0 Å². The van der Waals surface area contributed by atoms with Gasteiger partial charge in [-0.25, -0.2) is 0 Å². The fourth-order valence-electron chi connectivity index (χ4n) is 1.71. The average molecular weight is 206 g/mol. The summed E-state index contributed by atoms with van der Waals surface area (Å²) < 4.78 is 5.68. The van der Waals surface area contributed by atoms with Gasteiger partial charge in [0.2, 0.25) is 0 Å². The summed E-state index contributed by atoms with van der Waals surface area (Å²) in [6.45, 7) is 8.48. The highest BCUT2D eigenvalue weighted by molar-refractivity contribution is 5.48. The number of allylic oxidation sites excluding steroid dienone is 1. The molecule has 84 valence electrons. The molecule has 0 aromatic carbocycles. The van der Waals surface area contributed by atoms with Crippen LogP contribution < -0.4 is 0 Å². The van der Waals surface area contributed by atoms with Crippen molar-refractivity contribution in [3.8, 4) is 0 Å². The Morgan fingerprint density at radius 2 is 2.07 bits per heavy atom. The first-order valence-electron chi connectivity index (χ1n) is 5.87. The van der Waals surface area contributed by atoms with E-state index in [2.05, 4.69) is 39.8 Å². The molecule has 0 amide bonds. The second-order valence-corrected chi connectivity index (χ2v) is 4.41. The van der Waals surface area contributed by atoms with Crippen molar-refractivity contribution in [2.45, 2.75) is 53.4 Å². The summed E-state index contributed by atoms with van der Waals surface area (Å²) in [4.78, 5) is 0. The molecule has 0 unspecified atom stereocenters. The van der Waals surface area contributed by atoms with Crippen LogP contribution in [0.25, 0.3) is 6.08 Å². The van der Waals surface area contributed by atoms with Gasteiger partial charge in [-0.3, -0.25) is 0 Å². The van der Waals surface area contributed by atoms with Crippen molar-refractivity contribution in [3.05, 3.63) is 28.7 Å². The van der Waals surface area contributed by atoms with Crippen molar-refractivity contribution in [1.29, 1.82) is 0 Å². The SMILES string of the molecule is CCCCCc1cc(C=C(C)C)oc1C. The molecular weight excluding hydrogens is 184 g/mol. The molecule has 0 aliphatic carbocycles. The van der Waals surface area contributed by atoms with Crippen LogP contribution >= 0.6 is 0 Å². The maximum absolute atomic E-state index is 5.68. The molecule has 1 heterocycles. The minimum absolute atomic E-state index is 0.999. The molecule has 0 N–H and O–H groups in total. The molecule has 15 heavy (non-hydrogen) atoms. The van der Waals surface area contributed by atoms with Crippen LogP contribution in [0.2, 0.25) is 0 Å². The van der Waals surface area contributed by atoms with Crippen LogP contribution in [0.1, 0.15) is 57.1 Å². The second kappa shape index (κ2) is 5.79. The Morgan fingerprint density at radius 1 is 1.33 bits per heavy atom.